The number of rotatable bonds is 5. The van der Waals surface area contributed by atoms with Gasteiger partial charge < -0.3 is 9.80 Å². The van der Waals surface area contributed by atoms with Gasteiger partial charge in [-0.1, -0.05) is 92.1 Å². The highest BCUT2D eigenvalue weighted by atomic mass is 15.2. The fourth-order valence-corrected chi connectivity index (χ4v) is 5.38. The molecule has 3 heteroatoms. The SMILES string of the molecule is C=C/C=C\C(=C/C)N1C(=C/C)/C(=C\C=C)B2c3ccccc3N(c3ccccc3)c3cccc1c32. The maximum atomic E-state index is 4.07. The summed E-state index contributed by atoms with van der Waals surface area (Å²) in [6.45, 7) is 12.3. The zero-order valence-electron chi connectivity index (χ0n) is 20.4. The molecule has 3 aromatic rings. The molecule has 170 valence electrons. The van der Waals surface area contributed by atoms with E-state index in [0.717, 1.165) is 11.4 Å². The number of benzene rings is 3. The van der Waals surface area contributed by atoms with Gasteiger partial charge in [-0.25, -0.2) is 0 Å². The summed E-state index contributed by atoms with van der Waals surface area (Å²) in [5.74, 6) is 0. The predicted octanol–water partition coefficient (Wildman–Crippen LogP) is 7.10. The molecule has 35 heavy (non-hydrogen) atoms. The number of anilines is 4. The van der Waals surface area contributed by atoms with Crippen LogP contribution in [0.3, 0.4) is 0 Å². The molecule has 0 fully saturated rings. The Labute approximate surface area is 209 Å². The Hall–Kier alpha value is -4.24. The fourth-order valence-electron chi connectivity index (χ4n) is 5.38. The van der Waals surface area contributed by atoms with Gasteiger partial charge in [-0.3, -0.25) is 0 Å². The molecule has 3 aromatic carbocycles. The summed E-state index contributed by atoms with van der Waals surface area (Å²) >= 11 is 0. The molecule has 0 amide bonds. The number of fused-ring (bicyclic) bond motifs is 2. The van der Waals surface area contributed by atoms with Gasteiger partial charge in [-0.15, -0.1) is 0 Å². The summed E-state index contributed by atoms with van der Waals surface area (Å²) < 4.78 is 0. The Morgan fingerprint density at radius 2 is 1.51 bits per heavy atom. The summed E-state index contributed by atoms with van der Waals surface area (Å²) in [6, 6.07) is 26.1. The number of hydrogen-bond acceptors (Lipinski definition) is 2. The van der Waals surface area contributed by atoms with Gasteiger partial charge in [0.25, 0.3) is 6.71 Å². The molecule has 0 aliphatic carbocycles. The maximum Gasteiger partial charge on any atom is 0.252 e. The quantitative estimate of drug-likeness (QED) is 0.301. The molecule has 2 heterocycles. The first-order chi connectivity index (χ1) is 17.2. The highest BCUT2D eigenvalue weighted by Crippen LogP contribution is 2.44. The second-order valence-corrected chi connectivity index (χ2v) is 8.55. The number of para-hydroxylation sites is 2. The van der Waals surface area contributed by atoms with Crippen LogP contribution in [-0.2, 0) is 0 Å². The molecule has 0 radical (unpaired) electrons. The van der Waals surface area contributed by atoms with Crippen LogP contribution in [0.15, 0.2) is 145 Å². The van der Waals surface area contributed by atoms with Gasteiger partial charge in [0.1, 0.15) is 0 Å². The second kappa shape index (κ2) is 9.56. The first-order valence-corrected chi connectivity index (χ1v) is 12.1. The van der Waals surface area contributed by atoms with Crippen molar-refractivity contribution in [2.24, 2.45) is 0 Å². The van der Waals surface area contributed by atoms with Crippen molar-refractivity contribution in [3.05, 3.63) is 145 Å². The fraction of sp³-hybridized carbons (Fsp3) is 0.0625. The minimum atomic E-state index is 0.110. The minimum Gasteiger partial charge on any atom is -0.312 e. The zero-order valence-corrected chi connectivity index (χ0v) is 20.4. The van der Waals surface area contributed by atoms with E-state index in [9.17, 15) is 0 Å². The molecular formula is C32H29BN2. The maximum absolute atomic E-state index is 4.07. The van der Waals surface area contributed by atoms with Crippen molar-refractivity contribution in [2.75, 3.05) is 9.80 Å². The standard InChI is InChI=1S/C32H29BN2/c1-5-9-17-24(7-3)34-28(8-4)26(16-6-2)33-27-20-13-14-21-29(27)35(25-18-11-10-12-19-25)31-23-15-22-30(34)32(31)33/h5-23H,1-2H2,3-4H3/b17-9-,24-7+,26-16+,28-8+. The number of hydrogen-bond donors (Lipinski definition) is 0. The molecule has 2 nitrogen and oxygen atoms in total. The van der Waals surface area contributed by atoms with Crippen LogP contribution in [0.25, 0.3) is 0 Å². The Morgan fingerprint density at radius 1 is 0.800 bits per heavy atom. The first-order valence-electron chi connectivity index (χ1n) is 12.1. The lowest BCUT2D eigenvalue weighted by Crippen LogP contribution is -2.57. The number of allylic oxidation sites excluding steroid dienone is 8. The van der Waals surface area contributed by atoms with Gasteiger partial charge in [-0.05, 0) is 66.7 Å². The van der Waals surface area contributed by atoms with Crippen LogP contribution in [-0.4, -0.2) is 6.71 Å². The molecule has 0 aromatic heterocycles. The van der Waals surface area contributed by atoms with Crippen molar-refractivity contribution < 1.29 is 0 Å². The number of nitrogens with zero attached hydrogens (tertiary/aromatic N) is 2. The average Bonchev–Trinajstić information content (AvgIpc) is 2.91. The van der Waals surface area contributed by atoms with Gasteiger partial charge in [0, 0.05) is 34.1 Å². The van der Waals surface area contributed by atoms with Gasteiger partial charge in [0.2, 0.25) is 0 Å². The van der Waals surface area contributed by atoms with Gasteiger partial charge in [0.05, 0.1) is 0 Å². The van der Waals surface area contributed by atoms with Crippen LogP contribution >= 0.6 is 0 Å². The lowest BCUT2D eigenvalue weighted by molar-refractivity contribution is 1.11. The molecule has 0 bridgehead atoms. The van der Waals surface area contributed by atoms with Gasteiger partial charge >= 0.3 is 0 Å². The van der Waals surface area contributed by atoms with E-state index >= 15 is 0 Å². The largest absolute Gasteiger partial charge is 0.312 e. The van der Waals surface area contributed by atoms with E-state index in [-0.39, 0.29) is 6.71 Å². The van der Waals surface area contributed by atoms with E-state index < -0.39 is 0 Å². The van der Waals surface area contributed by atoms with E-state index in [0.29, 0.717) is 0 Å². The Bertz CT molecular complexity index is 1410. The molecule has 0 saturated carbocycles. The lowest BCUT2D eigenvalue weighted by Gasteiger charge is -2.45. The van der Waals surface area contributed by atoms with E-state index in [4.69, 9.17) is 0 Å². The summed E-state index contributed by atoms with van der Waals surface area (Å²) in [5, 5.41) is 0. The third-order valence-corrected chi connectivity index (χ3v) is 6.71. The Morgan fingerprint density at radius 3 is 2.23 bits per heavy atom. The van der Waals surface area contributed by atoms with Gasteiger partial charge in [0.15, 0.2) is 0 Å². The lowest BCUT2D eigenvalue weighted by atomic mass is 9.32. The molecule has 5 rings (SSSR count). The molecule has 0 N–H and O–H groups in total. The summed E-state index contributed by atoms with van der Waals surface area (Å²) in [5.41, 5.74) is 10.9. The third kappa shape index (κ3) is 3.61. The van der Waals surface area contributed by atoms with Crippen LogP contribution in [0.1, 0.15) is 13.8 Å². The summed E-state index contributed by atoms with van der Waals surface area (Å²) in [4.78, 5) is 4.76. The van der Waals surface area contributed by atoms with Crippen molar-refractivity contribution >= 4 is 40.4 Å². The average molecular weight is 452 g/mol. The van der Waals surface area contributed by atoms with Crippen molar-refractivity contribution in [1.29, 1.82) is 0 Å². The Kier molecular flexibility index (Phi) is 6.16. The molecular weight excluding hydrogens is 423 g/mol. The molecule has 0 spiro atoms. The first kappa shape index (κ1) is 22.6. The molecule has 0 atom stereocenters. The topological polar surface area (TPSA) is 6.48 Å². The van der Waals surface area contributed by atoms with Crippen LogP contribution in [0.4, 0.5) is 22.7 Å². The highest BCUT2D eigenvalue weighted by Gasteiger charge is 2.44. The van der Waals surface area contributed by atoms with Crippen LogP contribution in [0.5, 0.6) is 0 Å². The smallest absolute Gasteiger partial charge is 0.252 e. The van der Waals surface area contributed by atoms with Crippen molar-refractivity contribution in [3.63, 3.8) is 0 Å². The zero-order chi connectivity index (χ0) is 24.4. The molecule has 0 unspecified atom stereocenters. The molecule has 2 aliphatic heterocycles. The van der Waals surface area contributed by atoms with Crippen molar-refractivity contribution in [3.8, 4) is 0 Å². The van der Waals surface area contributed by atoms with Crippen LogP contribution in [0, 0.1) is 0 Å². The molecule has 2 aliphatic rings. The minimum absolute atomic E-state index is 0.110. The predicted molar refractivity (Wildman–Crippen MR) is 154 cm³/mol. The summed E-state index contributed by atoms with van der Waals surface area (Å²) in [6.07, 6.45) is 14.4. The van der Waals surface area contributed by atoms with Gasteiger partial charge in [-0.2, -0.15) is 0 Å². The van der Waals surface area contributed by atoms with E-state index in [2.05, 4.69) is 134 Å². The highest BCUT2D eigenvalue weighted by molar-refractivity contribution is 6.95. The van der Waals surface area contributed by atoms with Crippen molar-refractivity contribution in [1.82, 2.24) is 0 Å². The third-order valence-electron chi connectivity index (χ3n) is 6.71. The monoisotopic (exact) mass is 452 g/mol. The molecule has 0 saturated heterocycles. The van der Waals surface area contributed by atoms with Crippen molar-refractivity contribution in [2.45, 2.75) is 13.8 Å². The van der Waals surface area contributed by atoms with E-state index in [1.165, 1.54) is 39.2 Å². The second-order valence-electron chi connectivity index (χ2n) is 8.55. The van der Waals surface area contributed by atoms with Crippen LogP contribution < -0.4 is 20.7 Å². The normalized spacial score (nSPS) is 17.1. The Balaban J connectivity index is 1.88. The van der Waals surface area contributed by atoms with E-state index in [1.807, 2.05) is 18.2 Å². The van der Waals surface area contributed by atoms with E-state index in [1.54, 1.807) is 0 Å². The van der Waals surface area contributed by atoms with Crippen LogP contribution in [0.2, 0.25) is 0 Å². The summed E-state index contributed by atoms with van der Waals surface area (Å²) in [7, 11) is 0.